The summed E-state index contributed by atoms with van der Waals surface area (Å²) in [5, 5.41) is 17.5. The van der Waals surface area contributed by atoms with Crippen LogP contribution < -0.4 is 0 Å². The van der Waals surface area contributed by atoms with Gasteiger partial charge in [0.05, 0.1) is 6.10 Å². The maximum atomic E-state index is 12.5. The maximum absolute atomic E-state index is 12.5. The van der Waals surface area contributed by atoms with Gasteiger partial charge in [0.15, 0.2) is 0 Å². The van der Waals surface area contributed by atoms with Gasteiger partial charge in [0.25, 0.3) is 0 Å². The third-order valence-corrected chi connectivity index (χ3v) is 4.12. The van der Waals surface area contributed by atoms with Gasteiger partial charge in [-0.2, -0.15) is 0 Å². The number of fused-ring (bicyclic) bond motifs is 2. The van der Waals surface area contributed by atoms with Crippen LogP contribution in [0.2, 0.25) is 0 Å². The van der Waals surface area contributed by atoms with Gasteiger partial charge in [0.2, 0.25) is 5.89 Å². The lowest BCUT2D eigenvalue weighted by Crippen LogP contribution is -2.48. The average molecular weight is 277 g/mol. The lowest BCUT2D eigenvalue weighted by Gasteiger charge is -2.36. The van der Waals surface area contributed by atoms with Gasteiger partial charge in [-0.1, -0.05) is 12.2 Å². The third-order valence-electron chi connectivity index (χ3n) is 4.12. The fraction of sp³-hybridized carbons (Fsp3) is 0.643. The first-order valence-corrected chi connectivity index (χ1v) is 7.13. The molecule has 1 unspecified atom stereocenters. The second kappa shape index (κ2) is 5.36. The summed E-state index contributed by atoms with van der Waals surface area (Å²) in [6.07, 6.45) is 7.27. The van der Waals surface area contributed by atoms with Crippen LogP contribution in [0, 0.1) is 0 Å². The van der Waals surface area contributed by atoms with Gasteiger partial charge in [-0.3, -0.25) is 4.79 Å². The zero-order valence-corrected chi connectivity index (χ0v) is 11.5. The van der Waals surface area contributed by atoms with Crippen LogP contribution >= 0.6 is 0 Å². The molecule has 2 bridgehead atoms. The molecule has 0 aliphatic carbocycles. The zero-order valence-electron chi connectivity index (χ0n) is 11.5. The lowest BCUT2D eigenvalue weighted by molar-refractivity contribution is 0.0257. The molecule has 20 heavy (non-hydrogen) atoms. The second-order valence-corrected chi connectivity index (χ2v) is 5.50. The Kier molecular flexibility index (Phi) is 3.56. The van der Waals surface area contributed by atoms with Crippen molar-refractivity contribution in [2.24, 2.45) is 0 Å². The number of aliphatic hydroxyl groups excluding tert-OH is 1. The van der Waals surface area contributed by atoms with E-state index >= 15 is 0 Å². The molecule has 2 aliphatic heterocycles. The van der Waals surface area contributed by atoms with E-state index in [0.717, 1.165) is 12.8 Å². The van der Waals surface area contributed by atoms with E-state index in [0.29, 0.717) is 25.2 Å². The summed E-state index contributed by atoms with van der Waals surface area (Å²) < 4.78 is 5.42. The highest BCUT2D eigenvalue weighted by molar-refractivity contribution is 5.90. The summed E-state index contributed by atoms with van der Waals surface area (Å²) in [4.78, 5) is 14.3. The smallest absolute Gasteiger partial charge is 0.311 e. The fourth-order valence-corrected chi connectivity index (χ4v) is 3.23. The monoisotopic (exact) mass is 277 g/mol. The summed E-state index contributed by atoms with van der Waals surface area (Å²) in [5.74, 6) is 0.331. The molecular weight excluding hydrogens is 258 g/mol. The minimum atomic E-state index is -0.288. The summed E-state index contributed by atoms with van der Waals surface area (Å²) >= 11 is 0. The molecule has 1 amide bonds. The predicted molar refractivity (Wildman–Crippen MR) is 71.0 cm³/mol. The Hall–Kier alpha value is -1.69. The van der Waals surface area contributed by atoms with Gasteiger partial charge in [-0.15, -0.1) is 10.2 Å². The van der Waals surface area contributed by atoms with E-state index in [1.54, 1.807) is 0 Å². The van der Waals surface area contributed by atoms with E-state index in [1.165, 1.54) is 0 Å². The SMILES string of the molecule is C/C=C/Cc1nnc(C(=O)N2[C@@H]3CC[C@H]2CC(O)C3)o1. The quantitative estimate of drug-likeness (QED) is 0.843. The van der Waals surface area contributed by atoms with E-state index in [2.05, 4.69) is 10.2 Å². The van der Waals surface area contributed by atoms with Crippen molar-refractivity contribution in [2.75, 3.05) is 0 Å². The Labute approximate surface area is 117 Å². The highest BCUT2D eigenvalue weighted by Crippen LogP contribution is 2.36. The van der Waals surface area contributed by atoms with Crippen molar-refractivity contribution in [3.05, 3.63) is 23.9 Å². The van der Waals surface area contributed by atoms with E-state index < -0.39 is 0 Å². The van der Waals surface area contributed by atoms with Gasteiger partial charge >= 0.3 is 11.8 Å². The maximum Gasteiger partial charge on any atom is 0.311 e. The van der Waals surface area contributed by atoms with Crippen molar-refractivity contribution in [2.45, 2.75) is 57.2 Å². The summed E-state index contributed by atoms with van der Waals surface area (Å²) in [5.41, 5.74) is 0. The van der Waals surface area contributed by atoms with E-state index in [-0.39, 0.29) is 30.0 Å². The van der Waals surface area contributed by atoms with Crippen LogP contribution in [0.1, 0.15) is 49.2 Å². The van der Waals surface area contributed by atoms with Crippen LogP contribution in [0.25, 0.3) is 0 Å². The molecule has 1 aromatic heterocycles. The standard InChI is InChI=1S/C14H19N3O3/c1-2-3-4-12-15-16-13(20-12)14(19)17-9-5-6-10(17)8-11(18)7-9/h2-3,9-11,18H,4-8H2,1H3/b3-2+/t9-,10+,11?. The molecule has 2 aliphatic rings. The average Bonchev–Trinajstić information content (AvgIpc) is 2.99. The van der Waals surface area contributed by atoms with Crippen LogP contribution in [0.5, 0.6) is 0 Å². The molecule has 0 aromatic carbocycles. The molecule has 2 saturated heterocycles. The van der Waals surface area contributed by atoms with Crippen LogP contribution in [-0.4, -0.2) is 44.3 Å². The van der Waals surface area contributed by atoms with Crippen LogP contribution in [-0.2, 0) is 6.42 Å². The van der Waals surface area contributed by atoms with Crippen molar-refractivity contribution in [1.29, 1.82) is 0 Å². The first-order valence-electron chi connectivity index (χ1n) is 7.13. The highest BCUT2D eigenvalue weighted by atomic mass is 16.4. The third kappa shape index (κ3) is 2.35. The predicted octanol–water partition coefficient (Wildman–Crippen LogP) is 1.32. The van der Waals surface area contributed by atoms with Crippen molar-refractivity contribution < 1.29 is 14.3 Å². The molecule has 3 rings (SSSR count). The number of nitrogens with zero attached hydrogens (tertiary/aromatic N) is 3. The molecule has 2 fully saturated rings. The minimum Gasteiger partial charge on any atom is -0.417 e. The highest BCUT2D eigenvalue weighted by Gasteiger charge is 2.44. The number of carbonyl (C=O) groups is 1. The van der Waals surface area contributed by atoms with Crippen LogP contribution in [0.15, 0.2) is 16.6 Å². The van der Waals surface area contributed by atoms with Crippen molar-refractivity contribution in [3.63, 3.8) is 0 Å². The summed E-state index contributed by atoms with van der Waals surface area (Å²) in [6.45, 7) is 1.92. The molecule has 1 aromatic rings. The Bertz CT molecular complexity index is 511. The van der Waals surface area contributed by atoms with Crippen LogP contribution in [0.3, 0.4) is 0 Å². The molecule has 0 radical (unpaired) electrons. The van der Waals surface area contributed by atoms with E-state index in [4.69, 9.17) is 4.42 Å². The number of piperidine rings is 1. The molecule has 6 nitrogen and oxygen atoms in total. The molecule has 1 N–H and O–H groups in total. The fourth-order valence-electron chi connectivity index (χ4n) is 3.23. The molecule has 3 atom stereocenters. The second-order valence-electron chi connectivity index (χ2n) is 5.50. The van der Waals surface area contributed by atoms with Gasteiger partial charge in [-0.05, 0) is 32.6 Å². The topological polar surface area (TPSA) is 79.5 Å². The van der Waals surface area contributed by atoms with Gasteiger partial charge in [0, 0.05) is 18.5 Å². The number of carbonyl (C=O) groups excluding carboxylic acids is 1. The summed E-state index contributed by atoms with van der Waals surface area (Å²) in [7, 11) is 0. The molecule has 3 heterocycles. The number of aliphatic hydroxyl groups is 1. The van der Waals surface area contributed by atoms with Gasteiger partial charge in [-0.25, -0.2) is 0 Å². The number of hydrogen-bond donors (Lipinski definition) is 1. The number of rotatable bonds is 3. The van der Waals surface area contributed by atoms with E-state index in [9.17, 15) is 9.90 Å². The van der Waals surface area contributed by atoms with Gasteiger partial charge < -0.3 is 14.4 Å². The Balaban J connectivity index is 1.74. The number of hydrogen-bond acceptors (Lipinski definition) is 5. The normalized spacial score (nSPS) is 29.3. The Morgan fingerprint density at radius 3 is 2.75 bits per heavy atom. The number of amides is 1. The molecule has 108 valence electrons. The van der Waals surface area contributed by atoms with Crippen molar-refractivity contribution in [1.82, 2.24) is 15.1 Å². The first kappa shape index (κ1) is 13.3. The minimum absolute atomic E-state index is 0.0674. The largest absolute Gasteiger partial charge is 0.417 e. The zero-order chi connectivity index (χ0) is 14.1. The van der Waals surface area contributed by atoms with Crippen LogP contribution in [0.4, 0.5) is 0 Å². The number of aromatic nitrogens is 2. The summed E-state index contributed by atoms with van der Waals surface area (Å²) in [6, 6.07) is 0.226. The molecule has 6 heteroatoms. The molecule has 0 spiro atoms. The van der Waals surface area contributed by atoms with Gasteiger partial charge in [0.1, 0.15) is 0 Å². The number of allylic oxidation sites excluding steroid dienone is 2. The lowest BCUT2D eigenvalue weighted by atomic mass is 10.00. The molecule has 0 saturated carbocycles. The Morgan fingerprint density at radius 2 is 2.10 bits per heavy atom. The molecular formula is C14H19N3O3. The van der Waals surface area contributed by atoms with Crippen molar-refractivity contribution >= 4 is 5.91 Å². The first-order chi connectivity index (χ1) is 9.69. The van der Waals surface area contributed by atoms with E-state index in [1.807, 2.05) is 24.0 Å². The Morgan fingerprint density at radius 1 is 1.40 bits per heavy atom. The van der Waals surface area contributed by atoms with Crippen molar-refractivity contribution in [3.8, 4) is 0 Å².